The first-order valence-corrected chi connectivity index (χ1v) is 3.45. The molecule has 0 bridgehead atoms. The van der Waals surface area contributed by atoms with Crippen molar-refractivity contribution in [2.75, 3.05) is 0 Å². The molecule has 1 saturated carbocycles. The molecule has 0 aromatic heterocycles. The van der Waals surface area contributed by atoms with E-state index >= 15 is 0 Å². The minimum absolute atomic E-state index is 0.838. The monoisotopic (exact) mass is 110 g/mol. The summed E-state index contributed by atoms with van der Waals surface area (Å²) in [5.74, 6) is 1.79. The van der Waals surface area contributed by atoms with E-state index in [0.29, 0.717) is 0 Å². The maximum absolute atomic E-state index is 3.78. The van der Waals surface area contributed by atoms with Gasteiger partial charge in [-0.2, -0.15) is 0 Å². The second-order valence-corrected chi connectivity index (χ2v) is 2.91. The van der Waals surface area contributed by atoms with Gasteiger partial charge in [0.15, 0.2) is 0 Å². The lowest BCUT2D eigenvalue weighted by Crippen LogP contribution is -1.86. The Morgan fingerprint density at radius 1 is 1.50 bits per heavy atom. The highest BCUT2D eigenvalue weighted by atomic mass is 14.2. The van der Waals surface area contributed by atoms with E-state index in [4.69, 9.17) is 0 Å². The Morgan fingerprint density at radius 3 is 2.50 bits per heavy atom. The fourth-order valence-corrected chi connectivity index (χ4v) is 1.47. The van der Waals surface area contributed by atoms with E-state index in [1.165, 1.54) is 19.3 Å². The van der Waals surface area contributed by atoms with Crippen LogP contribution in [0.15, 0.2) is 12.7 Å². The molecule has 1 fully saturated rings. The van der Waals surface area contributed by atoms with Crippen LogP contribution in [0.1, 0.15) is 26.2 Å². The summed E-state index contributed by atoms with van der Waals surface area (Å²) in [6, 6.07) is 0. The highest BCUT2D eigenvalue weighted by Gasteiger charge is 2.17. The third-order valence-corrected chi connectivity index (χ3v) is 2.07. The molecule has 1 aliphatic rings. The number of rotatable bonds is 1. The van der Waals surface area contributed by atoms with Gasteiger partial charge in [-0.05, 0) is 24.7 Å². The maximum Gasteiger partial charge on any atom is -0.0234 e. The van der Waals surface area contributed by atoms with Gasteiger partial charge in [-0.15, -0.1) is 6.58 Å². The maximum atomic E-state index is 3.78. The summed E-state index contributed by atoms with van der Waals surface area (Å²) >= 11 is 0. The molecule has 1 aliphatic carbocycles. The molecule has 0 radical (unpaired) electrons. The smallest absolute Gasteiger partial charge is 0.0234 e. The molecule has 0 spiro atoms. The molecule has 0 nitrogen and oxygen atoms in total. The molecule has 0 heterocycles. The molecule has 0 aromatic rings. The average molecular weight is 110 g/mol. The molecule has 1 unspecified atom stereocenters. The number of hydrogen-bond acceptors (Lipinski definition) is 0. The zero-order chi connectivity index (χ0) is 5.98. The van der Waals surface area contributed by atoms with Crippen molar-refractivity contribution in [3.63, 3.8) is 0 Å². The summed E-state index contributed by atoms with van der Waals surface area (Å²) in [7, 11) is 0. The Kier molecular flexibility index (Phi) is 1.72. The topological polar surface area (TPSA) is 0 Å². The van der Waals surface area contributed by atoms with Crippen LogP contribution in [0.3, 0.4) is 0 Å². The number of hydrogen-bond donors (Lipinski definition) is 0. The van der Waals surface area contributed by atoms with E-state index in [1.54, 1.807) is 0 Å². The van der Waals surface area contributed by atoms with E-state index in [1.807, 2.05) is 0 Å². The summed E-state index contributed by atoms with van der Waals surface area (Å²) < 4.78 is 0. The van der Waals surface area contributed by atoms with Crippen molar-refractivity contribution >= 4 is 0 Å². The highest BCUT2D eigenvalue weighted by Crippen LogP contribution is 2.30. The van der Waals surface area contributed by atoms with Crippen LogP contribution in [0.5, 0.6) is 0 Å². The predicted octanol–water partition coefficient (Wildman–Crippen LogP) is 2.61. The summed E-state index contributed by atoms with van der Waals surface area (Å²) in [6.45, 7) is 6.10. The van der Waals surface area contributed by atoms with Gasteiger partial charge in [0.2, 0.25) is 0 Å². The summed E-state index contributed by atoms with van der Waals surface area (Å²) in [5.41, 5.74) is 0. The van der Waals surface area contributed by atoms with E-state index in [9.17, 15) is 0 Å². The Labute approximate surface area is 51.6 Å². The standard InChI is InChI=1S/C8H14/c1-3-8-5-4-7(2)6-8/h3,7-8H,1,4-6H2,2H3/t7-,8?/m1/s1. The fourth-order valence-electron chi connectivity index (χ4n) is 1.47. The van der Waals surface area contributed by atoms with Crippen molar-refractivity contribution in [3.05, 3.63) is 12.7 Å². The Balaban J connectivity index is 2.32. The van der Waals surface area contributed by atoms with Gasteiger partial charge in [-0.25, -0.2) is 0 Å². The van der Waals surface area contributed by atoms with Gasteiger partial charge < -0.3 is 0 Å². The Bertz CT molecular complexity index is 84.0. The van der Waals surface area contributed by atoms with Crippen LogP contribution in [0.4, 0.5) is 0 Å². The predicted molar refractivity (Wildman–Crippen MR) is 36.7 cm³/mol. The molecule has 0 heteroatoms. The van der Waals surface area contributed by atoms with Gasteiger partial charge in [0.1, 0.15) is 0 Å². The van der Waals surface area contributed by atoms with Gasteiger partial charge in [-0.3, -0.25) is 0 Å². The average Bonchev–Trinajstić information content (AvgIpc) is 2.14. The van der Waals surface area contributed by atoms with Crippen molar-refractivity contribution < 1.29 is 0 Å². The SMILES string of the molecule is C=CC1CC[C@@H](C)C1. The van der Waals surface area contributed by atoms with Crippen molar-refractivity contribution in [1.82, 2.24) is 0 Å². The second kappa shape index (κ2) is 2.34. The molecule has 0 aliphatic heterocycles. The van der Waals surface area contributed by atoms with Gasteiger partial charge in [-0.1, -0.05) is 19.4 Å². The third-order valence-electron chi connectivity index (χ3n) is 2.07. The minimum atomic E-state index is 0.838. The van der Waals surface area contributed by atoms with Crippen LogP contribution in [0, 0.1) is 11.8 Å². The van der Waals surface area contributed by atoms with Crippen LogP contribution in [0.2, 0.25) is 0 Å². The van der Waals surface area contributed by atoms with Crippen molar-refractivity contribution in [3.8, 4) is 0 Å². The Morgan fingerprint density at radius 2 is 2.25 bits per heavy atom. The molecule has 1 rings (SSSR count). The molecule has 0 saturated heterocycles. The van der Waals surface area contributed by atoms with Crippen LogP contribution >= 0.6 is 0 Å². The lowest BCUT2D eigenvalue weighted by atomic mass is 10.1. The molecule has 0 amide bonds. The molecular formula is C8H14. The largest absolute Gasteiger partial charge is 0.103 e. The molecule has 0 aromatic carbocycles. The first-order chi connectivity index (χ1) is 3.83. The Hall–Kier alpha value is -0.260. The normalized spacial score (nSPS) is 37.6. The van der Waals surface area contributed by atoms with Crippen LogP contribution in [0.25, 0.3) is 0 Å². The first-order valence-electron chi connectivity index (χ1n) is 3.45. The van der Waals surface area contributed by atoms with Gasteiger partial charge >= 0.3 is 0 Å². The van der Waals surface area contributed by atoms with Crippen molar-refractivity contribution in [2.24, 2.45) is 11.8 Å². The second-order valence-electron chi connectivity index (χ2n) is 2.91. The van der Waals surface area contributed by atoms with Crippen LogP contribution < -0.4 is 0 Å². The molecule has 8 heavy (non-hydrogen) atoms. The van der Waals surface area contributed by atoms with Crippen LogP contribution in [-0.4, -0.2) is 0 Å². The van der Waals surface area contributed by atoms with E-state index in [2.05, 4.69) is 19.6 Å². The zero-order valence-electron chi connectivity index (χ0n) is 5.56. The van der Waals surface area contributed by atoms with E-state index in [0.717, 1.165) is 11.8 Å². The van der Waals surface area contributed by atoms with Gasteiger partial charge in [0, 0.05) is 0 Å². The highest BCUT2D eigenvalue weighted by molar-refractivity contribution is 4.85. The summed E-state index contributed by atoms with van der Waals surface area (Å²) in [5, 5.41) is 0. The lowest BCUT2D eigenvalue weighted by molar-refractivity contribution is 0.586. The molecule has 0 N–H and O–H groups in total. The van der Waals surface area contributed by atoms with Crippen molar-refractivity contribution in [2.45, 2.75) is 26.2 Å². The fraction of sp³-hybridized carbons (Fsp3) is 0.750. The molecule has 46 valence electrons. The van der Waals surface area contributed by atoms with E-state index in [-0.39, 0.29) is 0 Å². The quantitative estimate of drug-likeness (QED) is 0.455. The van der Waals surface area contributed by atoms with Crippen LogP contribution in [-0.2, 0) is 0 Å². The summed E-state index contributed by atoms with van der Waals surface area (Å²) in [4.78, 5) is 0. The van der Waals surface area contributed by atoms with E-state index < -0.39 is 0 Å². The zero-order valence-corrected chi connectivity index (χ0v) is 5.56. The number of allylic oxidation sites excluding steroid dienone is 1. The molecule has 2 atom stereocenters. The first kappa shape index (κ1) is 5.87. The van der Waals surface area contributed by atoms with Gasteiger partial charge in [0.05, 0.1) is 0 Å². The minimum Gasteiger partial charge on any atom is -0.103 e. The summed E-state index contributed by atoms with van der Waals surface area (Å²) in [6.07, 6.45) is 6.27. The van der Waals surface area contributed by atoms with Crippen molar-refractivity contribution in [1.29, 1.82) is 0 Å². The lowest BCUT2D eigenvalue weighted by Gasteiger charge is -1.98. The molecular weight excluding hydrogens is 96.1 g/mol. The van der Waals surface area contributed by atoms with Gasteiger partial charge in [0.25, 0.3) is 0 Å². The third kappa shape index (κ3) is 1.12.